The Bertz CT molecular complexity index is 464. The number of hydrogen-bond acceptors (Lipinski definition) is 2. The monoisotopic (exact) mass is 259 g/mol. The van der Waals surface area contributed by atoms with E-state index in [1.54, 1.807) is 0 Å². The van der Waals surface area contributed by atoms with Crippen LogP contribution in [0.2, 0.25) is 0 Å². The highest BCUT2D eigenvalue weighted by atomic mass is 32.2. The van der Waals surface area contributed by atoms with Crippen LogP contribution in [0.4, 0.5) is 8.78 Å². The average Bonchev–Trinajstić information content (AvgIpc) is 2.27. The van der Waals surface area contributed by atoms with Crippen molar-refractivity contribution in [3.05, 3.63) is 29.3 Å². The molecule has 3 unspecified atom stereocenters. The molecule has 1 aromatic rings. The summed E-state index contributed by atoms with van der Waals surface area (Å²) in [6.07, 6.45) is 0. The lowest BCUT2D eigenvalue weighted by molar-refractivity contribution is 0.386. The minimum Gasteiger partial charge on any atom is -0.310 e. The lowest BCUT2D eigenvalue weighted by Gasteiger charge is -2.31. The molecule has 5 heteroatoms. The van der Waals surface area contributed by atoms with Gasteiger partial charge in [-0.2, -0.15) is 0 Å². The van der Waals surface area contributed by atoms with Crippen LogP contribution in [0.15, 0.2) is 17.0 Å². The first-order valence-electron chi connectivity index (χ1n) is 5.66. The van der Waals surface area contributed by atoms with E-state index in [0.29, 0.717) is 12.3 Å². The molecule has 1 aliphatic heterocycles. The van der Waals surface area contributed by atoms with Gasteiger partial charge in [-0.05, 0) is 24.6 Å². The van der Waals surface area contributed by atoms with Crippen molar-refractivity contribution >= 4 is 10.8 Å². The van der Waals surface area contributed by atoms with Crippen molar-refractivity contribution in [1.29, 1.82) is 0 Å². The normalized spacial score (nSPS) is 27.9. The van der Waals surface area contributed by atoms with Crippen LogP contribution in [0.1, 0.15) is 25.5 Å². The number of rotatable bonds is 2. The number of hydrogen-bond donors (Lipinski definition) is 1. The van der Waals surface area contributed by atoms with Crippen molar-refractivity contribution in [3.63, 3.8) is 0 Å². The molecular formula is C12H15F2NOS. The predicted octanol–water partition coefficient (Wildman–Crippen LogP) is 2.37. The van der Waals surface area contributed by atoms with Gasteiger partial charge in [0, 0.05) is 17.4 Å². The molecular weight excluding hydrogens is 244 g/mol. The van der Waals surface area contributed by atoms with E-state index in [2.05, 4.69) is 5.32 Å². The quantitative estimate of drug-likeness (QED) is 0.883. The van der Waals surface area contributed by atoms with Crippen LogP contribution in [-0.4, -0.2) is 16.5 Å². The molecule has 0 spiro atoms. The highest BCUT2D eigenvalue weighted by Gasteiger charge is 2.34. The Morgan fingerprint density at radius 2 is 2.06 bits per heavy atom. The highest BCUT2D eigenvalue weighted by Crippen LogP contribution is 2.36. The minimum absolute atomic E-state index is 0.0274. The summed E-state index contributed by atoms with van der Waals surface area (Å²) in [4.78, 5) is 0.0362. The summed E-state index contributed by atoms with van der Waals surface area (Å²) in [5.74, 6) is -0.660. The average molecular weight is 259 g/mol. The second-order valence-corrected chi connectivity index (χ2v) is 5.73. The first-order chi connectivity index (χ1) is 8.06. The lowest BCUT2D eigenvalue weighted by Crippen LogP contribution is -2.35. The molecule has 3 atom stereocenters. The van der Waals surface area contributed by atoms with Gasteiger partial charge in [-0.1, -0.05) is 13.8 Å². The summed E-state index contributed by atoms with van der Waals surface area (Å²) in [6.45, 7) is 4.48. The molecule has 0 amide bonds. The van der Waals surface area contributed by atoms with Crippen LogP contribution in [-0.2, 0) is 10.8 Å². The first-order valence-corrected chi connectivity index (χ1v) is 6.97. The number of halogens is 2. The largest absolute Gasteiger partial charge is 0.310 e. The van der Waals surface area contributed by atoms with E-state index in [1.807, 2.05) is 13.8 Å². The van der Waals surface area contributed by atoms with E-state index in [1.165, 1.54) is 0 Å². The van der Waals surface area contributed by atoms with Crippen molar-refractivity contribution in [2.45, 2.75) is 24.8 Å². The van der Waals surface area contributed by atoms with Gasteiger partial charge in [-0.25, -0.2) is 8.78 Å². The van der Waals surface area contributed by atoms with Gasteiger partial charge in [0.05, 0.1) is 15.7 Å². The molecule has 1 aliphatic rings. The molecule has 0 radical (unpaired) electrons. The van der Waals surface area contributed by atoms with Gasteiger partial charge < -0.3 is 5.32 Å². The van der Waals surface area contributed by atoms with Crippen LogP contribution in [0.3, 0.4) is 0 Å². The van der Waals surface area contributed by atoms with Gasteiger partial charge in [-0.15, -0.1) is 0 Å². The van der Waals surface area contributed by atoms with Gasteiger partial charge >= 0.3 is 0 Å². The van der Waals surface area contributed by atoms with E-state index in [4.69, 9.17) is 0 Å². The zero-order chi connectivity index (χ0) is 12.6. The Kier molecular flexibility index (Phi) is 3.58. The molecule has 0 fully saturated rings. The SMILES string of the molecule is CCNC1c2c(F)ccc(F)c2S(=O)CC1C. The molecule has 2 rings (SSSR count). The predicted molar refractivity (Wildman–Crippen MR) is 63.2 cm³/mol. The zero-order valence-corrected chi connectivity index (χ0v) is 10.6. The zero-order valence-electron chi connectivity index (χ0n) is 9.80. The highest BCUT2D eigenvalue weighted by molar-refractivity contribution is 7.85. The minimum atomic E-state index is -1.45. The van der Waals surface area contributed by atoms with Crippen molar-refractivity contribution in [3.8, 4) is 0 Å². The van der Waals surface area contributed by atoms with E-state index >= 15 is 0 Å². The smallest absolute Gasteiger partial charge is 0.139 e. The van der Waals surface area contributed by atoms with E-state index < -0.39 is 22.4 Å². The van der Waals surface area contributed by atoms with Gasteiger partial charge in [0.1, 0.15) is 11.6 Å². The Morgan fingerprint density at radius 3 is 2.71 bits per heavy atom. The van der Waals surface area contributed by atoms with Gasteiger partial charge in [0.25, 0.3) is 0 Å². The number of benzene rings is 1. The number of fused-ring (bicyclic) bond motifs is 1. The summed E-state index contributed by atoms with van der Waals surface area (Å²) in [6, 6.07) is 1.89. The van der Waals surface area contributed by atoms with Crippen molar-refractivity contribution in [2.24, 2.45) is 5.92 Å². The lowest BCUT2D eigenvalue weighted by atomic mass is 9.94. The Labute approximate surface area is 102 Å². The van der Waals surface area contributed by atoms with Crippen LogP contribution in [0, 0.1) is 17.6 Å². The first kappa shape index (κ1) is 12.6. The third kappa shape index (κ3) is 2.13. The Hall–Kier alpha value is -0.810. The summed E-state index contributed by atoms with van der Waals surface area (Å²) in [5.41, 5.74) is 0.240. The molecule has 0 aliphatic carbocycles. The van der Waals surface area contributed by atoms with Crippen LogP contribution in [0.5, 0.6) is 0 Å². The fourth-order valence-corrected chi connectivity index (χ4v) is 3.89. The molecule has 17 heavy (non-hydrogen) atoms. The van der Waals surface area contributed by atoms with Gasteiger partial charge in [-0.3, -0.25) is 4.21 Å². The number of nitrogens with one attached hydrogen (secondary N) is 1. The summed E-state index contributed by atoms with van der Waals surface area (Å²) < 4.78 is 39.4. The van der Waals surface area contributed by atoms with Gasteiger partial charge in [0.15, 0.2) is 0 Å². The summed E-state index contributed by atoms with van der Waals surface area (Å²) >= 11 is 0. The third-order valence-electron chi connectivity index (χ3n) is 3.04. The molecule has 1 N–H and O–H groups in total. The van der Waals surface area contributed by atoms with Crippen LogP contribution in [0.25, 0.3) is 0 Å². The van der Waals surface area contributed by atoms with Gasteiger partial charge in [0.2, 0.25) is 0 Å². The fourth-order valence-electron chi connectivity index (χ4n) is 2.30. The Morgan fingerprint density at radius 1 is 1.41 bits per heavy atom. The molecule has 0 saturated carbocycles. The molecule has 2 nitrogen and oxygen atoms in total. The van der Waals surface area contributed by atoms with Crippen molar-refractivity contribution in [1.82, 2.24) is 5.32 Å². The maximum absolute atomic E-state index is 13.8. The van der Waals surface area contributed by atoms with Crippen molar-refractivity contribution < 1.29 is 13.0 Å². The molecule has 1 aromatic carbocycles. The molecule has 1 heterocycles. The summed E-state index contributed by atoms with van der Waals surface area (Å²) in [5, 5.41) is 3.14. The maximum Gasteiger partial charge on any atom is 0.139 e. The van der Waals surface area contributed by atoms with Crippen LogP contribution >= 0.6 is 0 Å². The van der Waals surface area contributed by atoms with E-state index in [0.717, 1.165) is 12.1 Å². The maximum atomic E-state index is 13.8. The molecule has 0 aromatic heterocycles. The van der Waals surface area contributed by atoms with Crippen molar-refractivity contribution in [2.75, 3.05) is 12.3 Å². The molecule has 0 saturated heterocycles. The molecule has 0 bridgehead atoms. The van der Waals surface area contributed by atoms with E-state index in [9.17, 15) is 13.0 Å². The van der Waals surface area contributed by atoms with Crippen LogP contribution < -0.4 is 5.32 Å². The fraction of sp³-hybridized carbons (Fsp3) is 0.500. The molecule has 94 valence electrons. The van der Waals surface area contributed by atoms with E-state index in [-0.39, 0.29) is 22.4 Å². The summed E-state index contributed by atoms with van der Waals surface area (Å²) in [7, 11) is -1.45. The second kappa shape index (κ2) is 4.82. The standard InChI is InChI=1S/C12H15F2NOS/c1-3-15-11-7(2)6-17(16)12-9(14)5-4-8(13)10(11)12/h4-5,7,11,15H,3,6H2,1-2H3. The second-order valence-electron chi connectivity index (χ2n) is 4.30. The Balaban J connectivity index is 2.60. The topological polar surface area (TPSA) is 29.1 Å². The third-order valence-corrected chi connectivity index (χ3v) is 4.74.